The van der Waals surface area contributed by atoms with Crippen molar-refractivity contribution in [2.45, 2.75) is 13.8 Å². The van der Waals surface area contributed by atoms with Gasteiger partial charge < -0.3 is 10.8 Å². The Labute approximate surface area is 54.2 Å². The molecular formula is C6H12NO2+. The number of hydrogen-bond acceptors (Lipinski definition) is 2. The molecule has 0 amide bonds. The van der Waals surface area contributed by atoms with Crippen molar-refractivity contribution in [1.82, 2.24) is 0 Å². The van der Waals surface area contributed by atoms with E-state index in [-0.39, 0.29) is 12.4 Å². The molecule has 52 valence electrons. The molecule has 0 rings (SSSR count). The molecule has 3 heteroatoms. The van der Waals surface area contributed by atoms with Gasteiger partial charge in [-0.05, 0) is 6.92 Å². The van der Waals surface area contributed by atoms with Crippen LogP contribution in [0.2, 0.25) is 0 Å². The second-order valence-corrected chi connectivity index (χ2v) is 1.97. The van der Waals surface area contributed by atoms with Gasteiger partial charge in [0.1, 0.15) is 5.70 Å². The molecule has 0 spiro atoms. The number of carbonyl (C=O) groups is 1. The third-order valence-electron chi connectivity index (χ3n) is 1.10. The average Bonchev–Trinajstić information content (AvgIpc) is 1.64. The Bertz CT molecular complexity index is 145. The van der Waals surface area contributed by atoms with Gasteiger partial charge in [0, 0.05) is 6.92 Å². The van der Waals surface area contributed by atoms with Crippen molar-refractivity contribution in [2.75, 3.05) is 6.61 Å². The third-order valence-corrected chi connectivity index (χ3v) is 1.10. The predicted octanol–water partition coefficient (Wildman–Crippen LogP) is -0.916. The molecule has 0 heterocycles. The molecule has 0 aromatic heterocycles. The van der Waals surface area contributed by atoms with Gasteiger partial charge in [-0.25, -0.2) is 0 Å². The number of carbonyl (C=O) groups excluding carboxylic acids is 1. The van der Waals surface area contributed by atoms with E-state index in [0.29, 0.717) is 11.3 Å². The van der Waals surface area contributed by atoms with Crippen LogP contribution in [0.4, 0.5) is 0 Å². The summed E-state index contributed by atoms with van der Waals surface area (Å²) in [5.41, 5.74) is 4.59. The molecule has 9 heavy (non-hydrogen) atoms. The van der Waals surface area contributed by atoms with Gasteiger partial charge in [-0.3, -0.25) is 4.79 Å². The highest BCUT2D eigenvalue weighted by Crippen LogP contribution is 1.95. The molecule has 0 aliphatic heterocycles. The van der Waals surface area contributed by atoms with Gasteiger partial charge in [0.2, 0.25) is 0 Å². The van der Waals surface area contributed by atoms with Crippen LogP contribution in [-0.4, -0.2) is 17.5 Å². The number of aliphatic hydroxyl groups excluding tert-OH is 1. The van der Waals surface area contributed by atoms with Crippen molar-refractivity contribution in [3.63, 3.8) is 0 Å². The molecule has 0 aliphatic carbocycles. The van der Waals surface area contributed by atoms with Crippen LogP contribution in [0.15, 0.2) is 11.3 Å². The lowest BCUT2D eigenvalue weighted by Crippen LogP contribution is -2.47. The summed E-state index contributed by atoms with van der Waals surface area (Å²) in [5.74, 6) is -0.106. The smallest absolute Gasteiger partial charge is 0.163 e. The summed E-state index contributed by atoms with van der Waals surface area (Å²) in [5, 5.41) is 8.55. The minimum Gasteiger partial charge on any atom is -0.391 e. The Morgan fingerprint density at radius 1 is 1.56 bits per heavy atom. The molecule has 3 nitrogen and oxygen atoms in total. The maximum Gasteiger partial charge on any atom is 0.163 e. The molecule has 0 fully saturated rings. The van der Waals surface area contributed by atoms with Gasteiger partial charge >= 0.3 is 0 Å². The number of quaternary nitrogens is 1. The van der Waals surface area contributed by atoms with Crippen LogP contribution in [0.3, 0.4) is 0 Å². The first-order valence-electron chi connectivity index (χ1n) is 2.73. The number of ketones is 1. The fraction of sp³-hybridized carbons (Fsp3) is 0.500. The largest absolute Gasteiger partial charge is 0.391 e. The van der Waals surface area contributed by atoms with Crippen molar-refractivity contribution in [3.8, 4) is 0 Å². The molecule has 0 radical (unpaired) electrons. The molecule has 0 atom stereocenters. The highest BCUT2D eigenvalue weighted by molar-refractivity contribution is 5.93. The summed E-state index contributed by atoms with van der Waals surface area (Å²) in [6, 6.07) is 0. The van der Waals surface area contributed by atoms with Crippen LogP contribution < -0.4 is 5.73 Å². The summed E-state index contributed by atoms with van der Waals surface area (Å²) in [6.45, 7) is 2.91. The third kappa shape index (κ3) is 2.39. The van der Waals surface area contributed by atoms with Gasteiger partial charge in [-0.15, -0.1) is 0 Å². The van der Waals surface area contributed by atoms with E-state index in [9.17, 15) is 4.79 Å². The van der Waals surface area contributed by atoms with Crippen molar-refractivity contribution in [1.29, 1.82) is 0 Å². The Morgan fingerprint density at radius 3 is 2.00 bits per heavy atom. The normalized spacial score (nSPS) is 12.9. The molecule has 0 saturated heterocycles. The Balaban J connectivity index is 4.35. The number of allylic oxidation sites excluding steroid dienone is 1. The van der Waals surface area contributed by atoms with E-state index in [1.807, 2.05) is 0 Å². The number of Topliss-reactive ketones (excluding diaryl/α,β-unsaturated/α-hetero) is 1. The van der Waals surface area contributed by atoms with Crippen LogP contribution in [0.5, 0.6) is 0 Å². The molecular weight excluding hydrogens is 118 g/mol. The number of hydrogen-bond donors (Lipinski definition) is 2. The van der Waals surface area contributed by atoms with E-state index in [2.05, 4.69) is 5.73 Å². The lowest BCUT2D eigenvalue weighted by molar-refractivity contribution is -0.303. The predicted molar refractivity (Wildman–Crippen MR) is 33.4 cm³/mol. The zero-order valence-electron chi connectivity index (χ0n) is 5.77. The molecule has 4 N–H and O–H groups in total. The average molecular weight is 130 g/mol. The van der Waals surface area contributed by atoms with Crippen LogP contribution in [0.25, 0.3) is 0 Å². The topological polar surface area (TPSA) is 64.9 Å². The first kappa shape index (κ1) is 8.33. The Hall–Kier alpha value is -0.670. The number of aliphatic hydroxyl groups is 1. The first-order chi connectivity index (χ1) is 4.09. The molecule has 0 aromatic carbocycles. The molecule has 0 aliphatic rings. The standard InChI is InChI=1S/C6H11NO2/c1-4(7)6(3-8)5(2)9/h8H,3,7H2,1-2H3/p+1/b6-4-. The maximum atomic E-state index is 10.6. The summed E-state index contributed by atoms with van der Waals surface area (Å²) >= 11 is 0. The Morgan fingerprint density at radius 2 is 2.00 bits per heavy atom. The van der Waals surface area contributed by atoms with Crippen molar-refractivity contribution >= 4 is 5.78 Å². The summed E-state index contributed by atoms with van der Waals surface area (Å²) in [7, 11) is 0. The van der Waals surface area contributed by atoms with E-state index < -0.39 is 0 Å². The number of rotatable bonds is 2. The van der Waals surface area contributed by atoms with Crippen LogP contribution in [0.1, 0.15) is 13.8 Å². The second-order valence-electron chi connectivity index (χ2n) is 1.97. The van der Waals surface area contributed by atoms with E-state index in [4.69, 9.17) is 5.11 Å². The lowest BCUT2D eigenvalue weighted by Gasteiger charge is -1.95. The Kier molecular flexibility index (Phi) is 3.12. The molecule has 0 unspecified atom stereocenters. The summed E-state index contributed by atoms with van der Waals surface area (Å²) in [4.78, 5) is 10.6. The highest BCUT2D eigenvalue weighted by atomic mass is 16.3. The van der Waals surface area contributed by atoms with Crippen LogP contribution in [0, 0.1) is 0 Å². The first-order valence-corrected chi connectivity index (χ1v) is 2.73. The van der Waals surface area contributed by atoms with Gasteiger partial charge in [0.25, 0.3) is 0 Å². The van der Waals surface area contributed by atoms with E-state index in [0.717, 1.165) is 0 Å². The fourth-order valence-electron chi connectivity index (χ4n) is 0.547. The minimum atomic E-state index is -0.204. The SMILES string of the molecule is CC(=O)/C(CO)=C(/C)[NH3+]. The van der Waals surface area contributed by atoms with Crippen molar-refractivity contribution < 1.29 is 15.6 Å². The molecule has 0 aromatic rings. The van der Waals surface area contributed by atoms with Gasteiger partial charge in [-0.1, -0.05) is 0 Å². The quantitative estimate of drug-likeness (QED) is 0.475. The fourth-order valence-corrected chi connectivity index (χ4v) is 0.547. The van der Waals surface area contributed by atoms with Crippen LogP contribution in [-0.2, 0) is 4.79 Å². The van der Waals surface area contributed by atoms with Gasteiger partial charge in [0.05, 0.1) is 12.2 Å². The molecule has 0 saturated carbocycles. The van der Waals surface area contributed by atoms with E-state index >= 15 is 0 Å². The highest BCUT2D eigenvalue weighted by Gasteiger charge is 2.05. The minimum absolute atomic E-state index is 0.106. The van der Waals surface area contributed by atoms with E-state index in [1.165, 1.54) is 6.92 Å². The summed E-state index contributed by atoms with van der Waals surface area (Å²) in [6.07, 6.45) is 0. The van der Waals surface area contributed by atoms with Crippen molar-refractivity contribution in [2.24, 2.45) is 0 Å². The second kappa shape index (κ2) is 3.37. The molecule has 0 bridgehead atoms. The van der Waals surface area contributed by atoms with Crippen LogP contribution >= 0.6 is 0 Å². The lowest BCUT2D eigenvalue weighted by atomic mass is 10.1. The zero-order valence-corrected chi connectivity index (χ0v) is 5.77. The van der Waals surface area contributed by atoms with Gasteiger partial charge in [0.15, 0.2) is 5.78 Å². The van der Waals surface area contributed by atoms with Gasteiger partial charge in [-0.2, -0.15) is 0 Å². The monoisotopic (exact) mass is 130 g/mol. The van der Waals surface area contributed by atoms with Crippen molar-refractivity contribution in [3.05, 3.63) is 11.3 Å². The van der Waals surface area contributed by atoms with E-state index in [1.54, 1.807) is 6.92 Å². The maximum absolute atomic E-state index is 10.6. The zero-order chi connectivity index (χ0) is 7.44. The summed E-state index contributed by atoms with van der Waals surface area (Å²) < 4.78 is 0.